The Morgan fingerprint density at radius 1 is 1.40 bits per heavy atom. The van der Waals surface area contributed by atoms with Gasteiger partial charge in [-0.25, -0.2) is 17.2 Å². The van der Waals surface area contributed by atoms with Gasteiger partial charge in [-0.3, -0.25) is 9.52 Å². The van der Waals surface area contributed by atoms with Crippen LogP contribution in [0.2, 0.25) is 0 Å². The summed E-state index contributed by atoms with van der Waals surface area (Å²) in [5.41, 5.74) is 0.123. The average molecular weight is 303 g/mol. The van der Waals surface area contributed by atoms with E-state index in [1.165, 1.54) is 0 Å². The van der Waals surface area contributed by atoms with E-state index in [9.17, 15) is 22.0 Å². The number of halogens is 2. The summed E-state index contributed by atoms with van der Waals surface area (Å²) >= 11 is 0. The molecule has 0 bridgehead atoms. The predicted octanol–water partition coefficient (Wildman–Crippen LogP) is 1.92. The summed E-state index contributed by atoms with van der Waals surface area (Å²) in [5, 5.41) is 0. The fourth-order valence-electron chi connectivity index (χ4n) is 2.18. The summed E-state index contributed by atoms with van der Waals surface area (Å²) in [4.78, 5) is 11.8. The third-order valence-electron chi connectivity index (χ3n) is 3.21. The first-order valence-corrected chi connectivity index (χ1v) is 7.98. The Labute approximate surface area is 116 Å². The second-order valence-corrected chi connectivity index (χ2v) is 6.74. The molecule has 20 heavy (non-hydrogen) atoms. The standard InChI is InChI=1S/C13H15F2NO3S/c1-2-5-20(18,19)16-13(17)11-7-9(11)10-6-8(14)3-4-12(10)15/h3-4,6,9,11H,2,5,7H2,1H3,(H,16,17)/t9-,11-/m0/s1. The van der Waals surface area contributed by atoms with Gasteiger partial charge in [0.25, 0.3) is 0 Å². The van der Waals surface area contributed by atoms with E-state index >= 15 is 0 Å². The number of sulfonamides is 1. The smallest absolute Gasteiger partial charge is 0.237 e. The SMILES string of the molecule is CCCS(=O)(=O)NC(=O)[C@H]1C[C@H]1c1cc(F)ccc1F. The molecule has 7 heteroatoms. The third kappa shape index (κ3) is 3.33. The Bertz CT molecular complexity index is 631. The average Bonchev–Trinajstić information content (AvgIpc) is 3.11. The highest BCUT2D eigenvalue weighted by molar-refractivity contribution is 7.90. The summed E-state index contributed by atoms with van der Waals surface area (Å²) in [5.74, 6) is -3.01. The molecule has 1 N–H and O–H groups in total. The number of amides is 1. The molecule has 0 radical (unpaired) electrons. The normalized spacial score (nSPS) is 21.6. The van der Waals surface area contributed by atoms with Crippen LogP contribution in [-0.2, 0) is 14.8 Å². The number of carbonyl (C=O) groups excluding carboxylic acids is 1. The highest BCUT2D eigenvalue weighted by Gasteiger charge is 2.46. The highest BCUT2D eigenvalue weighted by atomic mass is 32.2. The summed E-state index contributed by atoms with van der Waals surface area (Å²) < 4.78 is 51.5. The van der Waals surface area contributed by atoms with Crippen LogP contribution >= 0.6 is 0 Å². The minimum absolute atomic E-state index is 0.123. The molecule has 0 heterocycles. The maximum Gasteiger partial charge on any atom is 0.237 e. The van der Waals surface area contributed by atoms with Gasteiger partial charge in [0.15, 0.2) is 0 Å². The van der Waals surface area contributed by atoms with Crippen LogP contribution < -0.4 is 4.72 Å². The van der Waals surface area contributed by atoms with Crippen molar-refractivity contribution in [3.63, 3.8) is 0 Å². The number of hydrogen-bond acceptors (Lipinski definition) is 3. The minimum Gasteiger partial charge on any atom is -0.274 e. The Kier molecular flexibility index (Phi) is 4.08. The Hall–Kier alpha value is -1.50. The molecule has 0 aliphatic heterocycles. The molecule has 1 aromatic rings. The van der Waals surface area contributed by atoms with Crippen molar-refractivity contribution >= 4 is 15.9 Å². The van der Waals surface area contributed by atoms with E-state index in [-0.39, 0.29) is 11.3 Å². The summed E-state index contributed by atoms with van der Waals surface area (Å²) in [6.45, 7) is 1.69. The van der Waals surface area contributed by atoms with Crippen LogP contribution in [0.15, 0.2) is 18.2 Å². The molecule has 0 spiro atoms. The Morgan fingerprint density at radius 2 is 2.10 bits per heavy atom. The molecule has 1 aliphatic carbocycles. The maximum absolute atomic E-state index is 13.5. The Balaban J connectivity index is 2.05. The molecule has 1 aliphatic rings. The first kappa shape index (κ1) is 14.9. The van der Waals surface area contributed by atoms with Crippen molar-refractivity contribution in [2.24, 2.45) is 5.92 Å². The molecular formula is C13H15F2NO3S. The van der Waals surface area contributed by atoms with Gasteiger partial charge in [-0.2, -0.15) is 0 Å². The first-order valence-electron chi connectivity index (χ1n) is 6.33. The monoisotopic (exact) mass is 303 g/mol. The van der Waals surface area contributed by atoms with Crippen molar-refractivity contribution in [2.75, 3.05) is 5.75 Å². The number of rotatable bonds is 5. The van der Waals surface area contributed by atoms with Gasteiger partial charge in [-0.15, -0.1) is 0 Å². The molecule has 1 aromatic carbocycles. The number of carbonyl (C=O) groups is 1. The molecule has 0 saturated heterocycles. The van der Waals surface area contributed by atoms with E-state index in [0.717, 1.165) is 18.2 Å². The first-order chi connectivity index (χ1) is 9.34. The third-order valence-corrected chi connectivity index (χ3v) is 4.67. The molecular weight excluding hydrogens is 288 g/mol. The van der Waals surface area contributed by atoms with Crippen LogP contribution in [0.1, 0.15) is 31.2 Å². The zero-order valence-corrected chi connectivity index (χ0v) is 11.7. The van der Waals surface area contributed by atoms with Gasteiger partial charge in [0.1, 0.15) is 11.6 Å². The highest BCUT2D eigenvalue weighted by Crippen LogP contribution is 2.48. The van der Waals surface area contributed by atoms with Crippen LogP contribution in [0.5, 0.6) is 0 Å². The van der Waals surface area contributed by atoms with E-state index in [2.05, 4.69) is 0 Å². The topological polar surface area (TPSA) is 63.2 Å². The zero-order chi connectivity index (χ0) is 14.9. The largest absolute Gasteiger partial charge is 0.274 e. The second kappa shape index (κ2) is 5.47. The van der Waals surface area contributed by atoms with Gasteiger partial charge in [0, 0.05) is 5.92 Å². The molecule has 2 atom stereocenters. The molecule has 2 rings (SSSR count). The van der Waals surface area contributed by atoms with Gasteiger partial charge < -0.3 is 0 Å². The molecule has 110 valence electrons. The van der Waals surface area contributed by atoms with Crippen LogP contribution in [0.25, 0.3) is 0 Å². The van der Waals surface area contributed by atoms with Gasteiger partial charge >= 0.3 is 0 Å². The van der Waals surface area contributed by atoms with Crippen LogP contribution in [-0.4, -0.2) is 20.1 Å². The van der Waals surface area contributed by atoms with Crippen LogP contribution in [0, 0.1) is 17.6 Å². The van der Waals surface area contributed by atoms with Gasteiger partial charge in [-0.05, 0) is 42.5 Å². The lowest BCUT2D eigenvalue weighted by Crippen LogP contribution is -2.33. The maximum atomic E-state index is 13.5. The van der Waals surface area contributed by atoms with Crippen molar-refractivity contribution in [2.45, 2.75) is 25.7 Å². The fourth-order valence-corrected chi connectivity index (χ4v) is 3.27. The lowest BCUT2D eigenvalue weighted by Gasteiger charge is -2.06. The molecule has 4 nitrogen and oxygen atoms in total. The molecule has 1 amide bonds. The summed E-state index contributed by atoms with van der Waals surface area (Å²) in [6, 6.07) is 3.06. The van der Waals surface area contributed by atoms with E-state index in [0.29, 0.717) is 12.8 Å². The van der Waals surface area contributed by atoms with Gasteiger partial charge in [0.05, 0.1) is 5.75 Å². The number of nitrogens with one attached hydrogen (secondary N) is 1. The predicted molar refractivity (Wildman–Crippen MR) is 69.4 cm³/mol. The lowest BCUT2D eigenvalue weighted by molar-refractivity contribution is -0.120. The molecule has 1 saturated carbocycles. The van der Waals surface area contributed by atoms with E-state index in [1.54, 1.807) is 6.92 Å². The van der Waals surface area contributed by atoms with E-state index in [1.807, 2.05) is 4.72 Å². The number of benzene rings is 1. The summed E-state index contributed by atoms with van der Waals surface area (Å²) in [7, 11) is -3.63. The van der Waals surface area contributed by atoms with Gasteiger partial charge in [0.2, 0.25) is 15.9 Å². The number of hydrogen-bond donors (Lipinski definition) is 1. The van der Waals surface area contributed by atoms with E-state index < -0.39 is 39.4 Å². The molecule has 0 aromatic heterocycles. The van der Waals surface area contributed by atoms with Gasteiger partial charge in [-0.1, -0.05) is 6.92 Å². The quantitative estimate of drug-likeness (QED) is 0.904. The van der Waals surface area contributed by atoms with Crippen LogP contribution in [0.3, 0.4) is 0 Å². The lowest BCUT2D eigenvalue weighted by atomic mass is 10.1. The van der Waals surface area contributed by atoms with Crippen molar-refractivity contribution in [1.29, 1.82) is 0 Å². The van der Waals surface area contributed by atoms with Crippen molar-refractivity contribution in [1.82, 2.24) is 4.72 Å². The minimum atomic E-state index is -3.63. The second-order valence-electron chi connectivity index (χ2n) is 4.90. The van der Waals surface area contributed by atoms with Crippen molar-refractivity contribution < 1.29 is 22.0 Å². The van der Waals surface area contributed by atoms with Crippen LogP contribution in [0.4, 0.5) is 8.78 Å². The fraction of sp³-hybridized carbons (Fsp3) is 0.462. The van der Waals surface area contributed by atoms with Crippen molar-refractivity contribution in [3.8, 4) is 0 Å². The van der Waals surface area contributed by atoms with Crippen molar-refractivity contribution in [3.05, 3.63) is 35.4 Å². The summed E-state index contributed by atoms with van der Waals surface area (Å²) in [6.07, 6.45) is 0.725. The molecule has 1 fully saturated rings. The van der Waals surface area contributed by atoms with E-state index in [4.69, 9.17) is 0 Å². The molecule has 0 unspecified atom stereocenters. The Morgan fingerprint density at radius 3 is 2.75 bits per heavy atom. The zero-order valence-electron chi connectivity index (χ0n) is 10.9.